The number of allylic oxidation sites excluding steroid dienone is 4. The van der Waals surface area contributed by atoms with Crippen LogP contribution in [0.15, 0.2) is 24.3 Å². The van der Waals surface area contributed by atoms with Crippen LogP contribution in [0.2, 0.25) is 0 Å². The predicted molar refractivity (Wildman–Crippen MR) is 205 cm³/mol. The number of carbonyl (C=O) groups excluding carboxylic acids is 2. The number of rotatable bonds is 37. The van der Waals surface area contributed by atoms with E-state index in [1.807, 2.05) is 21.1 Å². The molecule has 288 valence electrons. The van der Waals surface area contributed by atoms with Gasteiger partial charge < -0.3 is 4.48 Å². The van der Waals surface area contributed by atoms with Gasteiger partial charge >= 0.3 is 11.9 Å². The fourth-order valence-corrected chi connectivity index (χ4v) is 5.78. The molecule has 49 heavy (non-hydrogen) atoms. The molecule has 0 fully saturated rings. The first-order valence-electron chi connectivity index (χ1n) is 20.6. The highest BCUT2D eigenvalue weighted by molar-refractivity contribution is 5.68. The van der Waals surface area contributed by atoms with Crippen molar-refractivity contribution in [3.05, 3.63) is 24.3 Å². The third-order valence-electron chi connectivity index (χ3n) is 8.72. The maximum atomic E-state index is 12.3. The molecule has 7 nitrogen and oxygen atoms in total. The molecule has 0 amide bonds. The minimum absolute atomic E-state index is 0.00825. The van der Waals surface area contributed by atoms with Crippen LogP contribution in [-0.4, -0.2) is 56.8 Å². The molecule has 0 saturated heterocycles. The van der Waals surface area contributed by atoms with Crippen molar-refractivity contribution >= 4 is 11.9 Å². The van der Waals surface area contributed by atoms with Gasteiger partial charge in [-0.2, -0.15) is 9.78 Å². The lowest BCUT2D eigenvalue weighted by atomic mass is 10.1. The van der Waals surface area contributed by atoms with Gasteiger partial charge in [0.25, 0.3) is 0 Å². The van der Waals surface area contributed by atoms with Crippen LogP contribution < -0.4 is 0 Å². The van der Waals surface area contributed by atoms with Gasteiger partial charge in [-0.15, -0.1) is 0 Å². The largest absolute Gasteiger partial charge is 0.342 e. The van der Waals surface area contributed by atoms with E-state index in [4.69, 9.17) is 19.6 Å². The zero-order valence-electron chi connectivity index (χ0n) is 33.0. The van der Waals surface area contributed by atoms with Crippen molar-refractivity contribution in [1.29, 1.82) is 0 Å². The van der Waals surface area contributed by atoms with Crippen molar-refractivity contribution in [3.8, 4) is 0 Å². The number of quaternary nitrogens is 1. The molecule has 0 rings (SSSR count). The molecule has 0 aromatic heterocycles. The Hall–Kier alpha value is -1.70. The maximum Gasteiger partial charge on any atom is 0.342 e. The average molecular weight is 695 g/mol. The predicted octanol–water partition coefficient (Wildman–Crippen LogP) is 12.1. The number of likely N-dealkylation sites (N-methyl/N-ethyl adjacent to an activating group) is 1. The van der Waals surface area contributed by atoms with Crippen LogP contribution in [0.4, 0.5) is 0 Å². The summed E-state index contributed by atoms with van der Waals surface area (Å²) in [5.41, 5.74) is 0. The normalized spacial score (nSPS) is 12.7. The highest BCUT2D eigenvalue weighted by Gasteiger charge is 2.23. The second-order valence-corrected chi connectivity index (χ2v) is 15.1. The fourth-order valence-electron chi connectivity index (χ4n) is 5.78. The van der Waals surface area contributed by atoms with Crippen molar-refractivity contribution in [2.75, 3.05) is 34.3 Å². The standard InChI is InChI=1S/C42H80NO6/c1-6-8-10-12-14-16-18-20-22-24-26-28-30-32-34-36-41(44)48-46-39-40(38-43(3,4)5)47-49-42(45)37-35-33-31-29-27-25-23-21-19-17-15-13-11-9-7-2/h20-23,40H,6-19,24-39H2,1-5H3/q+1. The Kier molecular flexibility index (Phi) is 34.9. The molecule has 0 N–H and O–H groups in total. The second-order valence-electron chi connectivity index (χ2n) is 15.1. The van der Waals surface area contributed by atoms with E-state index in [2.05, 4.69) is 38.2 Å². The Balaban J connectivity index is 3.85. The van der Waals surface area contributed by atoms with E-state index in [-0.39, 0.29) is 18.5 Å². The number of hydrogen-bond donors (Lipinski definition) is 0. The van der Waals surface area contributed by atoms with Crippen molar-refractivity contribution in [3.63, 3.8) is 0 Å². The minimum Gasteiger partial charge on any atom is -0.329 e. The van der Waals surface area contributed by atoms with Crippen molar-refractivity contribution < 1.29 is 33.6 Å². The molecular weight excluding hydrogens is 614 g/mol. The molecule has 0 radical (unpaired) electrons. The molecule has 0 heterocycles. The quantitative estimate of drug-likeness (QED) is 0.0212. The van der Waals surface area contributed by atoms with E-state index in [1.54, 1.807) is 0 Å². The first kappa shape index (κ1) is 47.3. The highest BCUT2D eigenvalue weighted by Crippen LogP contribution is 2.13. The Morgan fingerprint density at radius 1 is 0.490 bits per heavy atom. The lowest BCUT2D eigenvalue weighted by molar-refractivity contribution is -0.875. The fraction of sp³-hybridized carbons (Fsp3) is 0.857. The molecule has 0 bridgehead atoms. The highest BCUT2D eigenvalue weighted by atomic mass is 17.2. The van der Waals surface area contributed by atoms with Gasteiger partial charge in [-0.1, -0.05) is 141 Å². The van der Waals surface area contributed by atoms with Gasteiger partial charge in [-0.25, -0.2) is 9.59 Å². The number of carbonyl (C=O) groups is 2. The third-order valence-corrected chi connectivity index (χ3v) is 8.72. The lowest BCUT2D eigenvalue weighted by Gasteiger charge is -2.27. The molecule has 0 aliphatic heterocycles. The summed E-state index contributed by atoms with van der Waals surface area (Å²) in [6.45, 7) is 5.06. The van der Waals surface area contributed by atoms with Crippen molar-refractivity contribution in [2.24, 2.45) is 0 Å². The first-order chi connectivity index (χ1) is 23.8. The van der Waals surface area contributed by atoms with Crippen LogP contribution in [0, 0.1) is 0 Å². The Labute approximate surface area is 303 Å². The third kappa shape index (κ3) is 38.9. The van der Waals surface area contributed by atoms with Crippen molar-refractivity contribution in [2.45, 2.75) is 200 Å². The summed E-state index contributed by atoms with van der Waals surface area (Å²) in [4.78, 5) is 45.1. The van der Waals surface area contributed by atoms with Crippen LogP contribution in [0.5, 0.6) is 0 Å². The van der Waals surface area contributed by atoms with Gasteiger partial charge in [0.2, 0.25) is 0 Å². The van der Waals surface area contributed by atoms with Crippen LogP contribution in [0.25, 0.3) is 0 Å². The van der Waals surface area contributed by atoms with Gasteiger partial charge in [-0.3, -0.25) is 9.78 Å². The monoisotopic (exact) mass is 695 g/mol. The number of unbranched alkanes of at least 4 members (excludes halogenated alkanes) is 22. The van der Waals surface area contributed by atoms with E-state index >= 15 is 0 Å². The minimum atomic E-state index is -0.536. The van der Waals surface area contributed by atoms with E-state index in [9.17, 15) is 9.59 Å². The molecular formula is C42H80NO6+. The SMILES string of the molecule is CCCCCCCCC=CCCCCCCCC(=O)OOCC(C[N+](C)(C)C)OOC(=O)CCCCCCCC=CCCCCCCCC. The number of hydrogen-bond acceptors (Lipinski definition) is 6. The second kappa shape index (κ2) is 36.1. The molecule has 0 spiro atoms. The van der Waals surface area contributed by atoms with Crippen LogP contribution >= 0.6 is 0 Å². The van der Waals surface area contributed by atoms with E-state index in [1.165, 1.54) is 116 Å². The van der Waals surface area contributed by atoms with Gasteiger partial charge in [-0.05, 0) is 64.2 Å². The summed E-state index contributed by atoms with van der Waals surface area (Å²) in [6.07, 6.45) is 41.1. The summed E-state index contributed by atoms with van der Waals surface area (Å²) in [5.74, 6) is -0.743. The Bertz CT molecular complexity index is 791. The van der Waals surface area contributed by atoms with E-state index in [0.29, 0.717) is 23.9 Å². The number of nitrogens with zero attached hydrogens (tertiary/aromatic N) is 1. The summed E-state index contributed by atoms with van der Waals surface area (Å²) in [6, 6.07) is 0. The molecule has 1 unspecified atom stereocenters. The lowest BCUT2D eigenvalue weighted by Crippen LogP contribution is -2.44. The van der Waals surface area contributed by atoms with E-state index in [0.717, 1.165) is 51.4 Å². The van der Waals surface area contributed by atoms with Crippen LogP contribution in [-0.2, 0) is 29.1 Å². The molecule has 0 aliphatic rings. The van der Waals surface area contributed by atoms with Gasteiger partial charge in [0.05, 0.1) is 21.1 Å². The topological polar surface area (TPSA) is 71.1 Å². The summed E-state index contributed by atoms with van der Waals surface area (Å²) >= 11 is 0. The Morgan fingerprint density at radius 2 is 0.837 bits per heavy atom. The van der Waals surface area contributed by atoms with E-state index < -0.39 is 6.10 Å². The van der Waals surface area contributed by atoms with Crippen LogP contribution in [0.3, 0.4) is 0 Å². The smallest absolute Gasteiger partial charge is 0.329 e. The van der Waals surface area contributed by atoms with Gasteiger partial charge in [0, 0.05) is 12.8 Å². The molecule has 0 aromatic rings. The molecule has 7 heteroatoms. The first-order valence-corrected chi connectivity index (χ1v) is 20.6. The molecule has 0 saturated carbocycles. The summed E-state index contributed by atoms with van der Waals surface area (Å²) < 4.78 is 0.586. The molecule has 1 atom stereocenters. The van der Waals surface area contributed by atoms with Gasteiger partial charge in [0.1, 0.15) is 13.2 Å². The molecule has 0 aromatic carbocycles. The maximum absolute atomic E-state index is 12.3. The van der Waals surface area contributed by atoms with Crippen LogP contribution in [0.1, 0.15) is 194 Å². The zero-order valence-corrected chi connectivity index (χ0v) is 33.0. The van der Waals surface area contributed by atoms with Crippen molar-refractivity contribution in [1.82, 2.24) is 0 Å². The molecule has 0 aliphatic carbocycles. The summed E-state index contributed by atoms with van der Waals surface area (Å²) in [5, 5.41) is 0. The Morgan fingerprint density at radius 3 is 1.22 bits per heavy atom. The van der Waals surface area contributed by atoms with Gasteiger partial charge in [0.15, 0.2) is 6.10 Å². The zero-order chi connectivity index (χ0) is 36.1. The summed E-state index contributed by atoms with van der Waals surface area (Å²) in [7, 11) is 6.05. The average Bonchev–Trinajstić information content (AvgIpc) is 3.06.